The highest BCUT2D eigenvalue weighted by molar-refractivity contribution is 6.33. The van der Waals surface area contributed by atoms with Crippen LogP contribution in [0, 0.1) is 0 Å². The van der Waals surface area contributed by atoms with Crippen molar-refractivity contribution in [2.75, 3.05) is 31.6 Å². The van der Waals surface area contributed by atoms with Crippen LogP contribution in [-0.4, -0.2) is 42.2 Å². The van der Waals surface area contributed by atoms with Crippen LogP contribution in [0.3, 0.4) is 0 Å². The molecule has 1 saturated heterocycles. The Bertz CT molecular complexity index is 459. The summed E-state index contributed by atoms with van der Waals surface area (Å²) in [6, 6.07) is 5.84. The average molecular weight is 283 g/mol. The predicted octanol–water partition coefficient (Wildman–Crippen LogP) is 2.92. The van der Waals surface area contributed by atoms with Gasteiger partial charge in [0, 0.05) is 25.2 Å². The lowest BCUT2D eigenvalue weighted by molar-refractivity contribution is 0.139. The molecule has 0 spiro atoms. The summed E-state index contributed by atoms with van der Waals surface area (Å²) in [7, 11) is 2.16. The van der Waals surface area contributed by atoms with Crippen LogP contribution < -0.4 is 4.90 Å². The molecule has 1 atom stereocenters. The van der Waals surface area contributed by atoms with E-state index < -0.39 is 6.10 Å². The van der Waals surface area contributed by atoms with Crippen molar-refractivity contribution < 1.29 is 5.11 Å². The second-order valence-corrected chi connectivity index (χ2v) is 6.45. The van der Waals surface area contributed by atoms with Crippen molar-refractivity contribution >= 4 is 17.3 Å². The Labute approximate surface area is 120 Å². The van der Waals surface area contributed by atoms with E-state index in [0.29, 0.717) is 0 Å². The number of nitrogens with zero attached hydrogens (tertiary/aromatic N) is 2. The van der Waals surface area contributed by atoms with E-state index in [4.69, 9.17) is 11.6 Å². The van der Waals surface area contributed by atoms with Gasteiger partial charge in [-0.2, -0.15) is 0 Å². The third-order valence-electron chi connectivity index (χ3n) is 4.11. The quantitative estimate of drug-likeness (QED) is 0.903. The summed E-state index contributed by atoms with van der Waals surface area (Å²) >= 11 is 6.37. The van der Waals surface area contributed by atoms with Crippen LogP contribution in [0.2, 0.25) is 5.02 Å². The highest BCUT2D eigenvalue weighted by Crippen LogP contribution is 2.32. The van der Waals surface area contributed by atoms with Gasteiger partial charge in [0.25, 0.3) is 0 Å². The third-order valence-corrected chi connectivity index (χ3v) is 4.41. The number of anilines is 1. The molecule has 1 N–H and O–H groups in total. The number of hydrogen-bond acceptors (Lipinski definition) is 3. The van der Waals surface area contributed by atoms with Gasteiger partial charge in [-0.1, -0.05) is 17.7 Å². The predicted molar refractivity (Wildman–Crippen MR) is 81.0 cm³/mol. The fourth-order valence-corrected chi connectivity index (χ4v) is 2.79. The van der Waals surface area contributed by atoms with Crippen molar-refractivity contribution in [3.63, 3.8) is 0 Å². The largest absolute Gasteiger partial charge is 0.389 e. The van der Waals surface area contributed by atoms with Crippen LogP contribution in [0.25, 0.3) is 0 Å². The Morgan fingerprint density at radius 2 is 2.00 bits per heavy atom. The van der Waals surface area contributed by atoms with E-state index in [9.17, 15) is 5.11 Å². The molecule has 1 aliphatic rings. The molecule has 0 bridgehead atoms. The number of rotatable bonds is 2. The molecule has 0 aliphatic carbocycles. The smallest absolute Gasteiger partial charge is 0.0762 e. The van der Waals surface area contributed by atoms with E-state index in [2.05, 4.69) is 30.7 Å². The summed E-state index contributed by atoms with van der Waals surface area (Å²) in [5.41, 5.74) is 2.07. The minimum atomic E-state index is -0.476. The molecule has 1 fully saturated rings. The van der Waals surface area contributed by atoms with Gasteiger partial charge in [0.1, 0.15) is 0 Å². The van der Waals surface area contributed by atoms with Gasteiger partial charge in [-0.3, -0.25) is 4.90 Å². The van der Waals surface area contributed by atoms with Crippen LogP contribution in [0.4, 0.5) is 5.69 Å². The Morgan fingerprint density at radius 3 is 2.53 bits per heavy atom. The van der Waals surface area contributed by atoms with Gasteiger partial charge in [0.15, 0.2) is 0 Å². The minimum Gasteiger partial charge on any atom is -0.389 e. The van der Waals surface area contributed by atoms with Crippen LogP contribution in [-0.2, 0) is 0 Å². The average Bonchev–Trinajstić information content (AvgIpc) is 2.32. The van der Waals surface area contributed by atoms with Crippen molar-refractivity contribution in [2.45, 2.75) is 32.4 Å². The fraction of sp³-hybridized carbons (Fsp3) is 0.600. The van der Waals surface area contributed by atoms with Gasteiger partial charge < -0.3 is 10.0 Å². The van der Waals surface area contributed by atoms with Gasteiger partial charge in [-0.25, -0.2) is 0 Å². The van der Waals surface area contributed by atoms with Gasteiger partial charge in [0.2, 0.25) is 0 Å². The second kappa shape index (κ2) is 5.31. The molecule has 1 aromatic rings. The molecule has 2 rings (SSSR count). The third kappa shape index (κ3) is 3.04. The van der Waals surface area contributed by atoms with E-state index in [1.807, 2.05) is 18.2 Å². The number of aliphatic hydroxyl groups is 1. The molecule has 106 valence electrons. The molecule has 19 heavy (non-hydrogen) atoms. The van der Waals surface area contributed by atoms with E-state index in [-0.39, 0.29) is 5.54 Å². The van der Waals surface area contributed by atoms with Gasteiger partial charge in [0.05, 0.1) is 16.8 Å². The number of likely N-dealkylation sites (N-methyl/N-ethyl adjacent to an activating group) is 1. The molecule has 3 nitrogen and oxygen atoms in total. The maximum atomic E-state index is 9.59. The molecule has 0 amide bonds. The molecule has 0 radical (unpaired) electrons. The van der Waals surface area contributed by atoms with E-state index >= 15 is 0 Å². The van der Waals surface area contributed by atoms with Crippen molar-refractivity contribution in [1.82, 2.24) is 4.90 Å². The molecular weight excluding hydrogens is 260 g/mol. The Kier molecular flexibility index (Phi) is 4.09. The van der Waals surface area contributed by atoms with Crippen LogP contribution in [0.1, 0.15) is 32.4 Å². The zero-order valence-corrected chi connectivity index (χ0v) is 12.9. The van der Waals surface area contributed by atoms with Crippen molar-refractivity contribution in [2.24, 2.45) is 0 Å². The normalized spacial score (nSPS) is 21.5. The zero-order chi connectivity index (χ0) is 14.2. The topological polar surface area (TPSA) is 26.7 Å². The molecule has 0 unspecified atom stereocenters. The number of benzene rings is 1. The molecule has 1 aromatic carbocycles. The Hall–Kier alpha value is -0.770. The Morgan fingerprint density at radius 1 is 1.32 bits per heavy atom. The summed E-state index contributed by atoms with van der Waals surface area (Å²) in [6.07, 6.45) is -0.476. The lowest BCUT2D eigenvalue weighted by Gasteiger charge is -2.46. The molecule has 4 heteroatoms. The lowest BCUT2D eigenvalue weighted by Crippen LogP contribution is -2.57. The molecule has 1 aliphatic heterocycles. The first-order valence-electron chi connectivity index (χ1n) is 6.75. The first-order chi connectivity index (χ1) is 8.81. The first kappa shape index (κ1) is 14.6. The van der Waals surface area contributed by atoms with Crippen LogP contribution >= 0.6 is 11.6 Å². The standard InChI is InChI=1S/C15H23ClN2O/c1-11(19)12-5-6-14(13(16)9-12)18-8-7-17(4)15(2,3)10-18/h5-6,9,11,19H,7-8,10H2,1-4H3/t11-/m1/s1. The SMILES string of the molecule is C[C@@H](O)c1ccc(N2CCN(C)C(C)(C)C2)c(Cl)c1. The number of hydrogen-bond donors (Lipinski definition) is 1. The molecule has 0 aromatic heterocycles. The maximum Gasteiger partial charge on any atom is 0.0762 e. The van der Waals surface area contributed by atoms with Crippen molar-refractivity contribution in [3.8, 4) is 0 Å². The molecule has 0 saturated carbocycles. The van der Waals surface area contributed by atoms with E-state index in [0.717, 1.165) is 35.9 Å². The lowest BCUT2D eigenvalue weighted by atomic mass is 9.99. The van der Waals surface area contributed by atoms with Gasteiger partial charge in [-0.15, -0.1) is 0 Å². The second-order valence-electron chi connectivity index (χ2n) is 6.04. The summed E-state index contributed by atoms with van der Waals surface area (Å²) < 4.78 is 0. The van der Waals surface area contributed by atoms with Gasteiger partial charge in [-0.05, 0) is 45.5 Å². The number of aliphatic hydroxyl groups excluding tert-OH is 1. The van der Waals surface area contributed by atoms with Crippen LogP contribution in [0.15, 0.2) is 18.2 Å². The number of halogens is 1. The van der Waals surface area contributed by atoms with E-state index in [1.54, 1.807) is 6.92 Å². The minimum absolute atomic E-state index is 0.143. The van der Waals surface area contributed by atoms with Crippen LogP contribution in [0.5, 0.6) is 0 Å². The summed E-state index contributed by atoms with van der Waals surface area (Å²) in [6.45, 7) is 9.21. The highest BCUT2D eigenvalue weighted by Gasteiger charge is 2.31. The fourth-order valence-electron chi connectivity index (χ4n) is 2.49. The molecular formula is C15H23ClN2O. The Balaban J connectivity index is 2.23. The molecule has 1 heterocycles. The van der Waals surface area contributed by atoms with Gasteiger partial charge >= 0.3 is 0 Å². The van der Waals surface area contributed by atoms with Crippen molar-refractivity contribution in [3.05, 3.63) is 28.8 Å². The van der Waals surface area contributed by atoms with E-state index in [1.165, 1.54) is 0 Å². The maximum absolute atomic E-state index is 9.59. The zero-order valence-electron chi connectivity index (χ0n) is 12.2. The highest BCUT2D eigenvalue weighted by atomic mass is 35.5. The summed E-state index contributed by atoms with van der Waals surface area (Å²) in [5, 5.41) is 10.3. The first-order valence-corrected chi connectivity index (χ1v) is 7.13. The van der Waals surface area contributed by atoms with Crippen molar-refractivity contribution in [1.29, 1.82) is 0 Å². The number of piperazine rings is 1. The monoisotopic (exact) mass is 282 g/mol. The summed E-state index contributed by atoms with van der Waals surface area (Å²) in [5.74, 6) is 0. The summed E-state index contributed by atoms with van der Waals surface area (Å²) in [4.78, 5) is 4.70.